The molecule has 0 radical (unpaired) electrons. The van der Waals surface area contributed by atoms with Crippen molar-refractivity contribution in [2.45, 2.75) is 64.6 Å². The predicted molar refractivity (Wildman–Crippen MR) is 150 cm³/mol. The molecule has 0 N–H and O–H groups in total. The summed E-state index contributed by atoms with van der Waals surface area (Å²) in [5.74, 6) is 0.192. The van der Waals surface area contributed by atoms with Crippen LogP contribution in [-0.4, -0.2) is 76.2 Å². The quantitative estimate of drug-likeness (QED) is 0.379. The lowest BCUT2D eigenvalue weighted by molar-refractivity contribution is -0.108. The molecule has 2 saturated heterocycles. The zero-order chi connectivity index (χ0) is 27.8. The number of amides is 1. The molecule has 208 valence electrons. The van der Waals surface area contributed by atoms with E-state index >= 15 is 0 Å². The number of hydrogen-bond donors (Lipinski definition) is 0. The summed E-state index contributed by atoms with van der Waals surface area (Å²) in [5, 5.41) is 5.46. The number of aryl methyl sites for hydroxylation is 1. The zero-order valence-corrected chi connectivity index (χ0v) is 23.6. The van der Waals surface area contributed by atoms with E-state index in [9.17, 15) is 14.0 Å². The standard InChI is InChI=1S/C31H39FN4O3/c1-19(2)29(7-6-10-37)35-15-23(16-35)22-11-26(28-14-33-34(5)30(28)12-22)25-9-8-24(32)13-27(25)31(38)36-20(3)17-39-18-21(36)4/h8-14,19-21,23,29H,6-7,15-18H2,1-5H3/t20-,21-,29-/m1/s1. The van der Waals surface area contributed by atoms with Crippen LogP contribution in [0.5, 0.6) is 0 Å². The van der Waals surface area contributed by atoms with Crippen LogP contribution in [0.4, 0.5) is 4.39 Å². The van der Waals surface area contributed by atoms with Gasteiger partial charge < -0.3 is 14.4 Å². The molecule has 0 bridgehead atoms. The number of likely N-dealkylation sites (tertiary alicyclic amines) is 1. The fraction of sp³-hybridized carbons (Fsp3) is 0.516. The lowest BCUT2D eigenvalue weighted by Gasteiger charge is -2.46. The Hall–Kier alpha value is -3.10. The van der Waals surface area contributed by atoms with E-state index in [4.69, 9.17) is 4.74 Å². The van der Waals surface area contributed by atoms with Gasteiger partial charge >= 0.3 is 0 Å². The fourth-order valence-corrected chi connectivity index (χ4v) is 6.37. The smallest absolute Gasteiger partial charge is 0.255 e. The van der Waals surface area contributed by atoms with Gasteiger partial charge in [0, 0.05) is 43.9 Å². The Morgan fingerprint density at radius 2 is 1.85 bits per heavy atom. The van der Waals surface area contributed by atoms with E-state index in [1.807, 2.05) is 36.7 Å². The fourth-order valence-electron chi connectivity index (χ4n) is 6.37. The largest absolute Gasteiger partial charge is 0.377 e. The second kappa shape index (κ2) is 11.2. The van der Waals surface area contributed by atoms with Crippen LogP contribution in [0, 0.1) is 11.7 Å². The summed E-state index contributed by atoms with van der Waals surface area (Å²) in [6.07, 6.45) is 4.29. The first-order valence-electron chi connectivity index (χ1n) is 14.0. The molecule has 39 heavy (non-hydrogen) atoms. The summed E-state index contributed by atoms with van der Waals surface area (Å²) in [7, 11) is 1.92. The molecule has 3 atom stereocenters. The number of aromatic nitrogens is 2. The van der Waals surface area contributed by atoms with Crippen molar-refractivity contribution in [2.24, 2.45) is 13.0 Å². The van der Waals surface area contributed by atoms with Crippen molar-refractivity contribution < 1.29 is 18.7 Å². The van der Waals surface area contributed by atoms with Crippen molar-refractivity contribution in [3.05, 3.63) is 53.5 Å². The van der Waals surface area contributed by atoms with Crippen molar-refractivity contribution in [1.29, 1.82) is 0 Å². The Kier molecular flexibility index (Phi) is 7.87. The molecular weight excluding hydrogens is 495 g/mol. The van der Waals surface area contributed by atoms with Gasteiger partial charge in [0.25, 0.3) is 5.91 Å². The Morgan fingerprint density at radius 3 is 2.51 bits per heavy atom. The van der Waals surface area contributed by atoms with Gasteiger partial charge in [0.2, 0.25) is 0 Å². The summed E-state index contributed by atoms with van der Waals surface area (Å²) in [6, 6.07) is 9.06. The number of aldehydes is 1. The number of benzene rings is 2. The maximum atomic E-state index is 14.6. The van der Waals surface area contributed by atoms with Crippen molar-refractivity contribution in [3.63, 3.8) is 0 Å². The van der Waals surface area contributed by atoms with E-state index in [2.05, 4.69) is 36.0 Å². The Morgan fingerprint density at radius 1 is 1.13 bits per heavy atom. The summed E-state index contributed by atoms with van der Waals surface area (Å²) in [6.45, 7) is 11.1. The van der Waals surface area contributed by atoms with Gasteiger partial charge in [-0.3, -0.25) is 14.4 Å². The number of hydrogen-bond acceptors (Lipinski definition) is 5. The number of nitrogens with zero attached hydrogens (tertiary/aromatic N) is 4. The number of carbonyl (C=O) groups is 2. The van der Waals surface area contributed by atoms with Crippen molar-refractivity contribution in [3.8, 4) is 11.1 Å². The van der Waals surface area contributed by atoms with Crippen LogP contribution in [0.15, 0.2) is 36.5 Å². The molecule has 7 nitrogen and oxygen atoms in total. The van der Waals surface area contributed by atoms with Crippen LogP contribution >= 0.6 is 0 Å². The van der Waals surface area contributed by atoms with E-state index < -0.39 is 5.82 Å². The number of ether oxygens (including phenoxy) is 1. The SMILES string of the molecule is CC(C)[C@@H](CCC=O)N1CC(c2cc(-c3ccc(F)cc3C(=O)N3[C@H](C)COC[C@H]3C)c3cnn(C)c3c2)C1. The Labute approximate surface area is 229 Å². The maximum Gasteiger partial charge on any atom is 0.255 e. The van der Waals surface area contributed by atoms with Gasteiger partial charge in [0.15, 0.2) is 0 Å². The molecule has 8 heteroatoms. The highest BCUT2D eigenvalue weighted by atomic mass is 19.1. The molecule has 2 aliphatic rings. The number of fused-ring (bicyclic) bond motifs is 1. The average molecular weight is 535 g/mol. The minimum absolute atomic E-state index is 0.101. The second-order valence-corrected chi connectivity index (χ2v) is 11.6. The van der Waals surface area contributed by atoms with Gasteiger partial charge in [-0.25, -0.2) is 4.39 Å². The van der Waals surface area contributed by atoms with Crippen molar-refractivity contribution >= 4 is 23.1 Å². The third-order valence-corrected chi connectivity index (χ3v) is 8.49. The molecule has 2 aromatic carbocycles. The maximum absolute atomic E-state index is 14.6. The second-order valence-electron chi connectivity index (χ2n) is 11.6. The topological polar surface area (TPSA) is 67.7 Å². The average Bonchev–Trinajstić information content (AvgIpc) is 3.25. The summed E-state index contributed by atoms with van der Waals surface area (Å²) < 4.78 is 22.1. The van der Waals surface area contributed by atoms with Crippen molar-refractivity contribution in [1.82, 2.24) is 19.6 Å². The van der Waals surface area contributed by atoms with Gasteiger partial charge in [-0.2, -0.15) is 5.10 Å². The Balaban J connectivity index is 1.53. The first-order valence-corrected chi connectivity index (χ1v) is 14.0. The number of rotatable bonds is 8. The minimum atomic E-state index is -0.432. The molecule has 0 saturated carbocycles. The molecule has 5 rings (SSSR count). The van der Waals surface area contributed by atoms with E-state index in [-0.39, 0.29) is 18.0 Å². The third kappa shape index (κ3) is 5.24. The first-order chi connectivity index (χ1) is 18.7. The zero-order valence-electron chi connectivity index (χ0n) is 23.6. The lowest BCUT2D eigenvalue weighted by Crippen LogP contribution is -2.52. The highest BCUT2D eigenvalue weighted by molar-refractivity contribution is 6.06. The lowest BCUT2D eigenvalue weighted by atomic mass is 9.84. The molecule has 3 aromatic rings. The monoisotopic (exact) mass is 534 g/mol. The molecule has 0 spiro atoms. The molecule has 2 fully saturated rings. The van der Waals surface area contributed by atoms with Crippen LogP contribution in [0.1, 0.15) is 62.4 Å². The van der Waals surface area contributed by atoms with Crippen LogP contribution in [0.2, 0.25) is 0 Å². The number of carbonyl (C=O) groups excluding carboxylic acids is 2. The Bertz CT molecular complexity index is 1350. The number of morpholine rings is 1. The summed E-state index contributed by atoms with van der Waals surface area (Å²) in [5.41, 5.74) is 4.15. The minimum Gasteiger partial charge on any atom is -0.377 e. The van der Waals surface area contributed by atoms with Crippen LogP contribution in [0.3, 0.4) is 0 Å². The number of halogens is 1. The van der Waals surface area contributed by atoms with Gasteiger partial charge in [-0.1, -0.05) is 19.9 Å². The normalized spacial score (nSPS) is 21.4. The van der Waals surface area contributed by atoms with Gasteiger partial charge in [0.1, 0.15) is 12.1 Å². The third-order valence-electron chi connectivity index (χ3n) is 8.49. The van der Waals surface area contributed by atoms with Gasteiger partial charge in [-0.05, 0) is 67.1 Å². The molecular formula is C31H39FN4O3. The van der Waals surface area contributed by atoms with Gasteiger partial charge in [-0.15, -0.1) is 0 Å². The highest BCUT2D eigenvalue weighted by Crippen LogP contribution is 2.39. The summed E-state index contributed by atoms with van der Waals surface area (Å²) >= 11 is 0. The molecule has 2 aliphatic heterocycles. The molecule has 3 heterocycles. The van der Waals surface area contributed by atoms with E-state index in [1.165, 1.54) is 17.7 Å². The van der Waals surface area contributed by atoms with E-state index in [0.29, 0.717) is 43.1 Å². The summed E-state index contributed by atoms with van der Waals surface area (Å²) in [4.78, 5) is 29.2. The predicted octanol–water partition coefficient (Wildman–Crippen LogP) is 5.03. The first kappa shape index (κ1) is 27.5. The van der Waals surface area contributed by atoms with Crippen LogP contribution in [-0.2, 0) is 16.6 Å². The van der Waals surface area contributed by atoms with Gasteiger partial charge in [0.05, 0.1) is 42.6 Å². The van der Waals surface area contributed by atoms with Crippen molar-refractivity contribution in [2.75, 3.05) is 26.3 Å². The van der Waals surface area contributed by atoms with E-state index in [1.54, 1.807) is 6.07 Å². The van der Waals surface area contributed by atoms with E-state index in [0.717, 1.165) is 47.8 Å². The highest BCUT2D eigenvalue weighted by Gasteiger charge is 2.36. The molecule has 0 unspecified atom stereocenters. The van der Waals surface area contributed by atoms with Crippen LogP contribution < -0.4 is 0 Å². The molecule has 1 amide bonds. The van der Waals surface area contributed by atoms with Crippen LogP contribution in [0.25, 0.3) is 22.0 Å². The molecule has 0 aliphatic carbocycles. The molecule has 1 aromatic heterocycles.